The van der Waals surface area contributed by atoms with Crippen LogP contribution in [0.2, 0.25) is 0 Å². The maximum absolute atomic E-state index is 13.9. The highest BCUT2D eigenvalue weighted by molar-refractivity contribution is 7.10. The number of aromatic nitrogens is 4. The van der Waals surface area contributed by atoms with Gasteiger partial charge in [0.1, 0.15) is 24.1 Å². The quantitative estimate of drug-likeness (QED) is 0.318. The van der Waals surface area contributed by atoms with E-state index >= 15 is 0 Å². The van der Waals surface area contributed by atoms with Crippen LogP contribution in [-0.4, -0.2) is 56.7 Å². The summed E-state index contributed by atoms with van der Waals surface area (Å²) in [5, 5.41) is 17.5. The molecule has 4 rings (SSSR count). The Kier molecular flexibility index (Phi) is 8.60. The van der Waals surface area contributed by atoms with E-state index in [1.807, 2.05) is 74.7 Å². The fraction of sp³-hybridized carbons (Fsp3) is 0.321. The Morgan fingerprint density at radius 3 is 2.21 bits per heavy atom. The first kappa shape index (κ1) is 27.8. The number of nitrogens with zero attached hydrogens (tertiary/aromatic N) is 5. The van der Waals surface area contributed by atoms with E-state index in [1.54, 1.807) is 31.3 Å². The normalized spacial score (nSPS) is 12.0. The van der Waals surface area contributed by atoms with Crippen molar-refractivity contribution in [1.29, 1.82) is 0 Å². The highest BCUT2D eigenvalue weighted by atomic mass is 32.1. The standard InChI is InChI=1S/C28H32N6O4S/c1-28(2,3)29-27(36)25(23-7-6-16-39-23)33(17-19-8-12-21(37-4)13-9-19)24(35)18-34-31-26(30-32-34)20-10-14-22(38-5)15-11-20/h6-16,25H,17-18H2,1-5H3,(H,29,36)/t25-/m1/s1. The topological polar surface area (TPSA) is 111 Å². The van der Waals surface area contributed by atoms with Crippen LogP contribution < -0.4 is 14.8 Å². The number of carbonyl (C=O) groups is 2. The van der Waals surface area contributed by atoms with Gasteiger partial charge in [0, 0.05) is 22.5 Å². The van der Waals surface area contributed by atoms with Crippen LogP contribution >= 0.6 is 11.3 Å². The number of rotatable bonds is 10. The van der Waals surface area contributed by atoms with E-state index in [0.717, 1.165) is 16.0 Å². The molecule has 2 aromatic carbocycles. The SMILES string of the molecule is COc1ccc(CN(C(=O)Cn2nnc(-c3ccc(OC)cc3)n2)[C@@H](C(=O)NC(C)(C)C)c2cccs2)cc1. The largest absolute Gasteiger partial charge is 0.497 e. The molecule has 1 atom stereocenters. The molecule has 2 heterocycles. The molecule has 0 unspecified atom stereocenters. The van der Waals surface area contributed by atoms with Crippen LogP contribution in [0.15, 0.2) is 66.0 Å². The molecule has 2 amide bonds. The molecule has 4 aromatic rings. The number of hydrogen-bond acceptors (Lipinski definition) is 8. The van der Waals surface area contributed by atoms with Crippen LogP contribution in [0.4, 0.5) is 0 Å². The Morgan fingerprint density at radius 1 is 1.00 bits per heavy atom. The van der Waals surface area contributed by atoms with Gasteiger partial charge in [-0.05, 0) is 79.4 Å². The van der Waals surface area contributed by atoms with Crippen molar-refractivity contribution in [2.75, 3.05) is 14.2 Å². The fourth-order valence-corrected chi connectivity index (χ4v) is 4.77. The molecule has 0 spiro atoms. The lowest BCUT2D eigenvalue weighted by molar-refractivity contribution is -0.143. The van der Waals surface area contributed by atoms with Gasteiger partial charge < -0.3 is 19.7 Å². The van der Waals surface area contributed by atoms with Gasteiger partial charge in [-0.15, -0.1) is 21.5 Å². The van der Waals surface area contributed by atoms with Gasteiger partial charge in [0.05, 0.1) is 14.2 Å². The summed E-state index contributed by atoms with van der Waals surface area (Å²) in [6.07, 6.45) is 0. The second kappa shape index (κ2) is 12.1. The van der Waals surface area contributed by atoms with Crippen LogP contribution in [0, 0.1) is 0 Å². The molecule has 2 aromatic heterocycles. The smallest absolute Gasteiger partial charge is 0.248 e. The van der Waals surface area contributed by atoms with Gasteiger partial charge >= 0.3 is 0 Å². The van der Waals surface area contributed by atoms with Crippen molar-refractivity contribution in [2.24, 2.45) is 0 Å². The molecule has 39 heavy (non-hydrogen) atoms. The third kappa shape index (κ3) is 7.20. The van der Waals surface area contributed by atoms with Crippen LogP contribution in [0.25, 0.3) is 11.4 Å². The van der Waals surface area contributed by atoms with Crippen molar-refractivity contribution in [2.45, 2.75) is 45.4 Å². The molecule has 0 aliphatic rings. The van der Waals surface area contributed by atoms with Crippen molar-refractivity contribution in [3.8, 4) is 22.9 Å². The fourth-order valence-electron chi connectivity index (χ4n) is 3.94. The summed E-state index contributed by atoms with van der Waals surface area (Å²) in [5.41, 5.74) is 1.10. The van der Waals surface area contributed by atoms with Gasteiger partial charge in [0.15, 0.2) is 0 Å². The van der Waals surface area contributed by atoms with Crippen molar-refractivity contribution in [3.63, 3.8) is 0 Å². The van der Waals surface area contributed by atoms with E-state index in [9.17, 15) is 9.59 Å². The Morgan fingerprint density at radius 2 is 1.64 bits per heavy atom. The number of ether oxygens (including phenoxy) is 2. The van der Waals surface area contributed by atoms with Gasteiger partial charge in [-0.2, -0.15) is 4.80 Å². The first-order chi connectivity index (χ1) is 18.7. The number of tetrazole rings is 1. The number of nitrogens with one attached hydrogen (secondary N) is 1. The van der Waals surface area contributed by atoms with Crippen molar-refractivity contribution >= 4 is 23.2 Å². The average Bonchev–Trinajstić information content (AvgIpc) is 3.60. The summed E-state index contributed by atoms with van der Waals surface area (Å²) in [7, 11) is 3.19. The van der Waals surface area contributed by atoms with E-state index in [2.05, 4.69) is 20.7 Å². The first-order valence-electron chi connectivity index (χ1n) is 12.4. The average molecular weight is 549 g/mol. The highest BCUT2D eigenvalue weighted by Crippen LogP contribution is 2.29. The van der Waals surface area contributed by atoms with Gasteiger partial charge in [-0.25, -0.2) is 0 Å². The predicted molar refractivity (Wildman–Crippen MR) is 148 cm³/mol. The van der Waals surface area contributed by atoms with Gasteiger partial charge in [-0.1, -0.05) is 18.2 Å². The highest BCUT2D eigenvalue weighted by Gasteiger charge is 2.34. The van der Waals surface area contributed by atoms with Crippen LogP contribution in [-0.2, 0) is 22.7 Å². The maximum Gasteiger partial charge on any atom is 0.248 e. The number of benzene rings is 2. The number of methoxy groups -OCH3 is 2. The van der Waals surface area contributed by atoms with Crippen molar-refractivity contribution < 1.29 is 19.1 Å². The van der Waals surface area contributed by atoms with Gasteiger partial charge in [-0.3, -0.25) is 9.59 Å². The molecule has 0 fully saturated rings. The van der Waals surface area contributed by atoms with E-state index in [1.165, 1.54) is 16.1 Å². The molecule has 204 valence electrons. The number of carbonyl (C=O) groups excluding carboxylic acids is 2. The molecule has 0 saturated carbocycles. The molecular weight excluding hydrogens is 516 g/mol. The third-order valence-electron chi connectivity index (χ3n) is 5.78. The maximum atomic E-state index is 13.9. The third-order valence-corrected chi connectivity index (χ3v) is 6.71. The van der Waals surface area contributed by atoms with Crippen molar-refractivity contribution in [1.82, 2.24) is 30.4 Å². The Bertz CT molecular complexity index is 1380. The summed E-state index contributed by atoms with van der Waals surface area (Å²) in [4.78, 5) is 31.0. The van der Waals surface area contributed by atoms with Crippen LogP contribution in [0.5, 0.6) is 11.5 Å². The molecule has 0 aliphatic carbocycles. The van der Waals surface area contributed by atoms with Gasteiger partial charge in [0.25, 0.3) is 0 Å². The molecular formula is C28H32N6O4S. The minimum absolute atomic E-state index is 0.190. The van der Waals surface area contributed by atoms with E-state index in [-0.39, 0.29) is 24.9 Å². The Balaban J connectivity index is 1.64. The number of thiophene rings is 1. The van der Waals surface area contributed by atoms with E-state index in [4.69, 9.17) is 9.47 Å². The second-order valence-electron chi connectivity index (χ2n) is 9.90. The summed E-state index contributed by atoms with van der Waals surface area (Å²) in [5.74, 6) is 1.20. The molecule has 0 aliphatic heterocycles. The predicted octanol–water partition coefficient (Wildman–Crippen LogP) is 4.10. The lowest BCUT2D eigenvalue weighted by atomic mass is 10.1. The summed E-state index contributed by atoms with van der Waals surface area (Å²) in [6.45, 7) is 5.73. The molecule has 1 N–H and O–H groups in total. The van der Waals surface area contributed by atoms with Crippen LogP contribution in [0.1, 0.15) is 37.3 Å². The molecule has 0 saturated heterocycles. The first-order valence-corrected chi connectivity index (χ1v) is 13.2. The number of hydrogen-bond donors (Lipinski definition) is 1. The monoisotopic (exact) mass is 548 g/mol. The zero-order valence-electron chi connectivity index (χ0n) is 22.6. The van der Waals surface area contributed by atoms with Crippen molar-refractivity contribution in [3.05, 3.63) is 76.5 Å². The molecule has 0 bridgehead atoms. The van der Waals surface area contributed by atoms with Crippen LogP contribution in [0.3, 0.4) is 0 Å². The Labute approximate surface area is 231 Å². The lowest BCUT2D eigenvalue weighted by Gasteiger charge is -2.33. The van der Waals surface area contributed by atoms with E-state index < -0.39 is 11.6 Å². The second-order valence-corrected chi connectivity index (χ2v) is 10.9. The zero-order chi connectivity index (χ0) is 28.0. The summed E-state index contributed by atoms with van der Waals surface area (Å²) < 4.78 is 10.5. The summed E-state index contributed by atoms with van der Waals surface area (Å²) >= 11 is 1.42. The molecule has 11 heteroatoms. The van der Waals surface area contributed by atoms with E-state index in [0.29, 0.717) is 17.3 Å². The summed E-state index contributed by atoms with van der Waals surface area (Å²) in [6, 6.07) is 17.5. The molecule has 10 nitrogen and oxygen atoms in total. The Hall–Kier alpha value is -4.25. The minimum atomic E-state index is -0.844. The lowest BCUT2D eigenvalue weighted by Crippen LogP contribution is -2.49. The minimum Gasteiger partial charge on any atom is -0.497 e. The number of amides is 2. The van der Waals surface area contributed by atoms with Gasteiger partial charge in [0.2, 0.25) is 17.6 Å². The molecule has 0 radical (unpaired) electrons. The zero-order valence-corrected chi connectivity index (χ0v) is 23.4.